The van der Waals surface area contributed by atoms with Crippen LogP contribution in [0.15, 0.2) is 36.5 Å². The van der Waals surface area contributed by atoms with E-state index >= 15 is 0 Å². The van der Waals surface area contributed by atoms with E-state index in [1.54, 1.807) is 19.4 Å². The Kier molecular flexibility index (Phi) is 4.46. The van der Waals surface area contributed by atoms with Crippen LogP contribution in [-0.4, -0.2) is 24.1 Å². The normalized spacial score (nSPS) is 14.7. The van der Waals surface area contributed by atoms with Gasteiger partial charge in [0, 0.05) is 11.8 Å². The summed E-state index contributed by atoms with van der Waals surface area (Å²) in [6.07, 6.45) is 6.50. The van der Waals surface area contributed by atoms with Crippen LogP contribution in [0.5, 0.6) is 11.5 Å². The molecular weight excluding hydrogens is 292 g/mol. The van der Waals surface area contributed by atoms with E-state index in [9.17, 15) is 4.79 Å². The zero-order valence-corrected chi connectivity index (χ0v) is 13.1. The van der Waals surface area contributed by atoms with Crippen molar-refractivity contribution in [1.82, 2.24) is 4.98 Å². The number of carbonyl (C=O) groups excluding carboxylic acids is 1. The maximum Gasteiger partial charge on any atom is 0.267 e. The van der Waals surface area contributed by atoms with Crippen molar-refractivity contribution in [2.75, 3.05) is 7.11 Å². The van der Waals surface area contributed by atoms with Gasteiger partial charge in [-0.3, -0.25) is 9.78 Å². The van der Waals surface area contributed by atoms with E-state index < -0.39 is 5.91 Å². The van der Waals surface area contributed by atoms with Gasteiger partial charge in [-0.15, -0.1) is 0 Å². The third-order valence-electron chi connectivity index (χ3n) is 4.11. The first-order valence-corrected chi connectivity index (χ1v) is 7.78. The molecule has 2 aromatic rings. The molecule has 0 bridgehead atoms. The van der Waals surface area contributed by atoms with Crippen LogP contribution in [-0.2, 0) is 0 Å². The van der Waals surface area contributed by atoms with Crippen molar-refractivity contribution in [2.45, 2.75) is 31.8 Å². The molecule has 120 valence electrons. The number of rotatable bonds is 5. The summed E-state index contributed by atoms with van der Waals surface area (Å²) in [6, 6.07) is 9.24. The van der Waals surface area contributed by atoms with Crippen LogP contribution in [0.1, 0.15) is 36.2 Å². The first kappa shape index (κ1) is 15.3. The smallest absolute Gasteiger partial charge is 0.267 e. The Labute approximate surface area is 135 Å². The van der Waals surface area contributed by atoms with Gasteiger partial charge < -0.3 is 15.2 Å². The second kappa shape index (κ2) is 6.69. The monoisotopic (exact) mass is 312 g/mol. The summed E-state index contributed by atoms with van der Waals surface area (Å²) in [6.45, 7) is 0. The third-order valence-corrected chi connectivity index (χ3v) is 4.11. The van der Waals surface area contributed by atoms with Gasteiger partial charge in [0.05, 0.1) is 13.2 Å². The minimum Gasteiger partial charge on any atom is -0.493 e. The number of nitrogens with zero attached hydrogens (tertiary/aromatic N) is 1. The predicted octanol–water partition coefficient (Wildman–Crippen LogP) is 3.18. The second-order valence-electron chi connectivity index (χ2n) is 5.69. The number of ether oxygens (including phenoxy) is 2. The summed E-state index contributed by atoms with van der Waals surface area (Å²) in [5.74, 6) is 0.940. The van der Waals surface area contributed by atoms with Crippen molar-refractivity contribution < 1.29 is 14.3 Å². The highest BCUT2D eigenvalue weighted by molar-refractivity contribution is 5.91. The number of primary amides is 1. The number of amides is 1. The summed E-state index contributed by atoms with van der Waals surface area (Å²) < 4.78 is 11.5. The molecule has 1 aliphatic carbocycles. The van der Waals surface area contributed by atoms with Gasteiger partial charge in [-0.1, -0.05) is 12.1 Å². The van der Waals surface area contributed by atoms with Gasteiger partial charge in [0.2, 0.25) is 0 Å². The molecule has 23 heavy (non-hydrogen) atoms. The van der Waals surface area contributed by atoms with Crippen LogP contribution in [0.25, 0.3) is 11.1 Å². The van der Waals surface area contributed by atoms with Crippen molar-refractivity contribution in [3.8, 4) is 22.6 Å². The lowest BCUT2D eigenvalue weighted by Gasteiger charge is -2.17. The largest absolute Gasteiger partial charge is 0.493 e. The summed E-state index contributed by atoms with van der Waals surface area (Å²) in [7, 11) is 1.64. The number of pyridine rings is 1. The first-order valence-electron chi connectivity index (χ1n) is 7.78. The Morgan fingerprint density at radius 1 is 1.13 bits per heavy atom. The lowest BCUT2D eigenvalue weighted by atomic mass is 10.1. The van der Waals surface area contributed by atoms with Crippen molar-refractivity contribution >= 4 is 5.91 Å². The molecule has 0 spiro atoms. The van der Waals surface area contributed by atoms with Crippen LogP contribution in [0.2, 0.25) is 0 Å². The van der Waals surface area contributed by atoms with Crippen LogP contribution in [0, 0.1) is 0 Å². The molecule has 1 aliphatic rings. The van der Waals surface area contributed by atoms with E-state index in [0.717, 1.165) is 35.5 Å². The maximum absolute atomic E-state index is 11.1. The average molecular weight is 312 g/mol. The van der Waals surface area contributed by atoms with E-state index in [0.29, 0.717) is 0 Å². The molecule has 1 heterocycles. The minimum absolute atomic E-state index is 0.254. The lowest BCUT2D eigenvalue weighted by Crippen LogP contribution is -2.12. The van der Waals surface area contributed by atoms with Crippen LogP contribution >= 0.6 is 0 Å². The van der Waals surface area contributed by atoms with Gasteiger partial charge in [-0.25, -0.2) is 0 Å². The molecule has 1 fully saturated rings. The molecule has 0 atom stereocenters. The minimum atomic E-state index is -0.531. The fourth-order valence-electron chi connectivity index (χ4n) is 2.84. The number of aromatic nitrogens is 1. The SMILES string of the molecule is COc1ccc(-c2ccc(C(N)=O)nc2)cc1OC1CCCC1. The topological polar surface area (TPSA) is 74.4 Å². The van der Waals surface area contributed by atoms with Crippen LogP contribution in [0.4, 0.5) is 0 Å². The van der Waals surface area contributed by atoms with Crippen LogP contribution in [0.3, 0.4) is 0 Å². The van der Waals surface area contributed by atoms with E-state index in [4.69, 9.17) is 15.2 Å². The predicted molar refractivity (Wildman–Crippen MR) is 87.6 cm³/mol. The summed E-state index contributed by atoms with van der Waals surface area (Å²) in [5.41, 5.74) is 7.33. The van der Waals surface area contributed by atoms with Crippen molar-refractivity contribution in [3.05, 3.63) is 42.2 Å². The van der Waals surface area contributed by atoms with Gasteiger partial charge in [-0.05, 0) is 49.4 Å². The number of hydrogen-bond acceptors (Lipinski definition) is 4. The fourth-order valence-corrected chi connectivity index (χ4v) is 2.84. The van der Waals surface area contributed by atoms with E-state index in [2.05, 4.69) is 4.98 Å². The molecule has 3 rings (SSSR count). The van der Waals surface area contributed by atoms with Gasteiger partial charge in [0.15, 0.2) is 11.5 Å². The van der Waals surface area contributed by atoms with Crippen molar-refractivity contribution in [1.29, 1.82) is 0 Å². The van der Waals surface area contributed by atoms with E-state index in [1.165, 1.54) is 12.8 Å². The molecule has 0 unspecified atom stereocenters. The number of benzene rings is 1. The highest BCUT2D eigenvalue weighted by Gasteiger charge is 2.19. The number of methoxy groups -OCH3 is 1. The molecule has 1 saturated carbocycles. The average Bonchev–Trinajstić information content (AvgIpc) is 3.08. The molecule has 2 N–H and O–H groups in total. The summed E-state index contributed by atoms with van der Waals surface area (Å²) in [5, 5.41) is 0. The maximum atomic E-state index is 11.1. The molecule has 0 saturated heterocycles. The van der Waals surface area contributed by atoms with Crippen molar-refractivity contribution in [2.24, 2.45) is 5.73 Å². The number of nitrogens with two attached hydrogens (primary N) is 1. The van der Waals surface area contributed by atoms with E-state index in [-0.39, 0.29) is 11.8 Å². The van der Waals surface area contributed by atoms with Gasteiger partial charge in [-0.2, -0.15) is 0 Å². The van der Waals surface area contributed by atoms with Crippen LogP contribution < -0.4 is 15.2 Å². The van der Waals surface area contributed by atoms with Gasteiger partial charge in [0.1, 0.15) is 5.69 Å². The van der Waals surface area contributed by atoms with Gasteiger partial charge >= 0.3 is 0 Å². The van der Waals surface area contributed by atoms with Crippen molar-refractivity contribution in [3.63, 3.8) is 0 Å². The summed E-state index contributed by atoms with van der Waals surface area (Å²) in [4.78, 5) is 15.2. The molecule has 1 amide bonds. The molecular formula is C18H20N2O3. The number of carbonyl (C=O) groups is 1. The van der Waals surface area contributed by atoms with E-state index in [1.807, 2.05) is 24.3 Å². The standard InChI is InChI=1S/C18H20N2O3/c1-22-16-9-7-12(10-17(16)23-14-4-2-3-5-14)13-6-8-15(18(19)21)20-11-13/h6-11,14H,2-5H2,1H3,(H2,19,21). The Hall–Kier alpha value is -2.56. The summed E-state index contributed by atoms with van der Waals surface area (Å²) >= 11 is 0. The Morgan fingerprint density at radius 3 is 2.48 bits per heavy atom. The Balaban J connectivity index is 1.88. The first-order chi connectivity index (χ1) is 11.2. The Bertz CT molecular complexity index is 692. The molecule has 1 aromatic carbocycles. The molecule has 1 aromatic heterocycles. The zero-order valence-electron chi connectivity index (χ0n) is 13.1. The quantitative estimate of drug-likeness (QED) is 0.920. The lowest BCUT2D eigenvalue weighted by molar-refractivity contribution is 0.0995. The molecule has 0 radical (unpaired) electrons. The number of hydrogen-bond donors (Lipinski definition) is 1. The zero-order chi connectivity index (χ0) is 16.2. The molecule has 5 nitrogen and oxygen atoms in total. The molecule has 0 aliphatic heterocycles. The third kappa shape index (κ3) is 3.44. The highest BCUT2D eigenvalue weighted by atomic mass is 16.5. The Morgan fingerprint density at radius 2 is 1.87 bits per heavy atom. The second-order valence-corrected chi connectivity index (χ2v) is 5.69. The highest BCUT2D eigenvalue weighted by Crippen LogP contribution is 2.35. The van der Waals surface area contributed by atoms with Gasteiger partial charge in [0.25, 0.3) is 5.91 Å². The fraction of sp³-hybridized carbons (Fsp3) is 0.333. The molecule has 5 heteroatoms.